The number of hydrogen-bond donors (Lipinski definition) is 0. The minimum absolute atomic E-state index is 0. The number of ether oxygens (including phenoxy) is 1. The monoisotopic (exact) mass is 327 g/mol. The lowest BCUT2D eigenvalue weighted by Crippen LogP contribution is -2.44. The van der Waals surface area contributed by atoms with Crippen molar-refractivity contribution in [3.05, 3.63) is 0 Å². The highest BCUT2D eigenvalue weighted by Crippen LogP contribution is 2.42. The van der Waals surface area contributed by atoms with Crippen molar-refractivity contribution in [2.45, 2.75) is 70.0 Å². The van der Waals surface area contributed by atoms with Crippen molar-refractivity contribution >= 4 is 0 Å². The highest BCUT2D eigenvalue weighted by atomic mass is 19.3. The van der Waals surface area contributed by atoms with Crippen LogP contribution in [0.25, 0.3) is 0 Å². The number of hydrogen-bond acceptors (Lipinski definition) is 2. The summed E-state index contributed by atoms with van der Waals surface area (Å²) in [6, 6.07) is 1.56. The maximum absolute atomic E-state index is 14.1. The summed E-state index contributed by atoms with van der Waals surface area (Å²) in [7, 11) is 0. The molecule has 2 atom stereocenters. The fraction of sp³-hybridized carbons (Fsp3) is 0.933. The van der Waals surface area contributed by atoms with Crippen molar-refractivity contribution in [2.24, 2.45) is 17.8 Å². The number of nitrogens with zero attached hydrogens (tertiary/aromatic N) is 1. The molecule has 2 aliphatic carbocycles. The summed E-state index contributed by atoms with van der Waals surface area (Å²) in [5.41, 5.74) is 0. The number of halogens is 4. The average molecular weight is 327 g/mol. The lowest BCUT2D eigenvalue weighted by atomic mass is 9.82. The maximum Gasteiger partial charge on any atom is 0.358 e. The van der Waals surface area contributed by atoms with Crippen LogP contribution in [0, 0.1) is 29.1 Å². The Balaban J connectivity index is 0.00000242. The Morgan fingerprint density at radius 2 is 1.59 bits per heavy atom. The van der Waals surface area contributed by atoms with E-state index < -0.39 is 36.4 Å². The molecule has 2 N–H and O–H groups in total. The summed E-state index contributed by atoms with van der Waals surface area (Å²) in [5, 5.41) is 8.66. The third-order valence-corrected chi connectivity index (χ3v) is 4.72. The third kappa shape index (κ3) is 4.32. The van der Waals surface area contributed by atoms with Gasteiger partial charge in [0.05, 0.1) is 18.1 Å². The summed E-state index contributed by atoms with van der Waals surface area (Å²) >= 11 is 0. The molecule has 130 valence electrons. The quantitative estimate of drug-likeness (QED) is 0.740. The summed E-state index contributed by atoms with van der Waals surface area (Å²) < 4.78 is 60.3. The van der Waals surface area contributed by atoms with Crippen LogP contribution in [0.5, 0.6) is 0 Å². The van der Waals surface area contributed by atoms with Crippen LogP contribution in [0.3, 0.4) is 0 Å². The fourth-order valence-corrected chi connectivity index (χ4v) is 3.29. The molecule has 0 aliphatic heterocycles. The molecule has 0 amide bonds. The molecule has 2 unspecified atom stereocenters. The summed E-state index contributed by atoms with van der Waals surface area (Å²) in [6.45, 7) is 2.03. The number of nitriles is 1. The highest BCUT2D eigenvalue weighted by Gasteiger charge is 2.47. The lowest BCUT2D eigenvalue weighted by molar-refractivity contribution is -0.305. The van der Waals surface area contributed by atoms with Crippen LogP contribution < -0.4 is 0 Å². The Morgan fingerprint density at radius 3 is 2.05 bits per heavy atom. The Labute approximate surface area is 129 Å². The molecule has 0 saturated heterocycles. The molecular weight excluding hydrogens is 302 g/mol. The van der Waals surface area contributed by atoms with Gasteiger partial charge in [0.25, 0.3) is 0 Å². The van der Waals surface area contributed by atoms with Gasteiger partial charge in [-0.2, -0.15) is 14.0 Å². The third-order valence-electron chi connectivity index (χ3n) is 4.72. The van der Waals surface area contributed by atoms with Crippen LogP contribution >= 0.6 is 0 Å². The van der Waals surface area contributed by atoms with E-state index in [0.29, 0.717) is 18.8 Å². The van der Waals surface area contributed by atoms with Gasteiger partial charge in [-0.05, 0) is 18.8 Å². The van der Waals surface area contributed by atoms with Gasteiger partial charge in [0.2, 0.25) is 0 Å². The van der Waals surface area contributed by atoms with E-state index in [1.165, 1.54) is 0 Å². The lowest BCUT2D eigenvalue weighted by Gasteiger charge is -2.37. The second-order valence-corrected chi connectivity index (χ2v) is 6.42. The molecule has 2 rings (SSSR count). The van der Waals surface area contributed by atoms with Gasteiger partial charge < -0.3 is 10.2 Å². The maximum atomic E-state index is 14.1. The van der Waals surface area contributed by atoms with E-state index in [0.717, 1.165) is 12.8 Å². The molecule has 3 nitrogen and oxygen atoms in total. The summed E-state index contributed by atoms with van der Waals surface area (Å²) in [5.74, 6) is -1.80. The molecule has 0 aromatic heterocycles. The van der Waals surface area contributed by atoms with Gasteiger partial charge in [-0.25, -0.2) is 8.78 Å². The molecule has 7 heteroatoms. The smallest absolute Gasteiger partial charge is 0.358 e. The van der Waals surface area contributed by atoms with E-state index in [1.807, 2.05) is 6.92 Å². The van der Waals surface area contributed by atoms with Crippen LogP contribution in [0.1, 0.15) is 46.9 Å². The average Bonchev–Trinajstić information content (AvgIpc) is 2.38. The van der Waals surface area contributed by atoms with Crippen LogP contribution in [-0.2, 0) is 4.74 Å². The van der Waals surface area contributed by atoms with Gasteiger partial charge in [0.1, 0.15) is 18.3 Å². The predicted molar refractivity (Wildman–Crippen MR) is 74.8 cm³/mol. The van der Waals surface area contributed by atoms with Crippen molar-refractivity contribution < 1.29 is 29.2 Å². The molecule has 2 saturated carbocycles. The molecular formula is C15H25F4NO2. The first kappa shape index (κ1) is 19.2. The molecule has 0 radical (unpaired) electrons. The minimum atomic E-state index is -3.34. The summed E-state index contributed by atoms with van der Waals surface area (Å²) in [4.78, 5) is 0. The molecule has 0 spiro atoms. The zero-order valence-electron chi connectivity index (χ0n) is 12.6. The molecule has 2 aliphatic rings. The van der Waals surface area contributed by atoms with Gasteiger partial charge in [-0.3, -0.25) is 0 Å². The molecule has 0 bridgehead atoms. The van der Waals surface area contributed by atoms with Gasteiger partial charge in [-0.1, -0.05) is 19.8 Å². The van der Waals surface area contributed by atoms with Crippen molar-refractivity contribution in [3.8, 4) is 6.07 Å². The second-order valence-electron chi connectivity index (χ2n) is 6.42. The van der Waals surface area contributed by atoms with Crippen LogP contribution in [0.2, 0.25) is 0 Å². The minimum Gasteiger partial charge on any atom is -0.412 e. The van der Waals surface area contributed by atoms with Gasteiger partial charge in [-0.15, -0.1) is 0 Å². The first-order valence-corrected chi connectivity index (χ1v) is 7.57. The van der Waals surface area contributed by atoms with E-state index in [4.69, 9.17) is 10.00 Å². The van der Waals surface area contributed by atoms with Crippen LogP contribution in [0.4, 0.5) is 17.6 Å². The molecule has 0 aromatic rings. The largest absolute Gasteiger partial charge is 0.412 e. The van der Waals surface area contributed by atoms with Crippen molar-refractivity contribution in [1.29, 1.82) is 5.26 Å². The van der Waals surface area contributed by atoms with Gasteiger partial charge in [0.15, 0.2) is 0 Å². The second kappa shape index (κ2) is 7.60. The highest BCUT2D eigenvalue weighted by molar-refractivity contribution is 4.99. The van der Waals surface area contributed by atoms with Crippen molar-refractivity contribution in [1.82, 2.24) is 0 Å². The van der Waals surface area contributed by atoms with Gasteiger partial charge >= 0.3 is 6.11 Å². The fourth-order valence-electron chi connectivity index (χ4n) is 3.29. The van der Waals surface area contributed by atoms with E-state index in [2.05, 4.69) is 0 Å². The Kier molecular flexibility index (Phi) is 6.63. The zero-order valence-corrected chi connectivity index (χ0v) is 12.6. The zero-order chi connectivity index (χ0) is 15.6. The Morgan fingerprint density at radius 1 is 1.09 bits per heavy atom. The van der Waals surface area contributed by atoms with Crippen molar-refractivity contribution in [3.63, 3.8) is 0 Å². The van der Waals surface area contributed by atoms with Crippen LogP contribution in [0.15, 0.2) is 0 Å². The molecule has 22 heavy (non-hydrogen) atoms. The SMILES string of the molecule is CC1CCC(C(F)(F)OC2CC(F)C(C#N)C(F)C2)CC1.O.[HH]. The first-order valence-electron chi connectivity index (χ1n) is 7.57. The number of alkyl halides is 4. The van der Waals surface area contributed by atoms with E-state index >= 15 is 0 Å². The normalized spacial score (nSPS) is 39.6. The topological polar surface area (TPSA) is 64.5 Å². The van der Waals surface area contributed by atoms with E-state index in [9.17, 15) is 17.6 Å². The number of rotatable bonds is 3. The summed E-state index contributed by atoms with van der Waals surface area (Å²) in [6.07, 6.45) is -6.46. The molecule has 0 aromatic carbocycles. The van der Waals surface area contributed by atoms with E-state index in [1.54, 1.807) is 6.07 Å². The molecule has 0 heterocycles. The van der Waals surface area contributed by atoms with Gasteiger partial charge in [0, 0.05) is 14.3 Å². The van der Waals surface area contributed by atoms with Crippen molar-refractivity contribution in [2.75, 3.05) is 0 Å². The Bertz CT molecular complexity index is 387. The molecule has 2 fully saturated rings. The standard InChI is InChI=1S/C15H21F4NO.H2O.H2/c1-9-2-4-10(5-3-9)15(18,19)21-11-6-13(16)12(8-20)14(17)7-11;;/h9-14H,2-7H2,1H3;1H2;1H. The first-order chi connectivity index (χ1) is 9.83. The predicted octanol–water partition coefficient (Wildman–Crippen LogP) is 3.82. The van der Waals surface area contributed by atoms with Crippen LogP contribution in [-0.4, -0.2) is 30.0 Å². The van der Waals surface area contributed by atoms with E-state index in [-0.39, 0.29) is 19.7 Å². The Hall–Kier alpha value is -0.870.